The molecule has 0 radical (unpaired) electrons. The summed E-state index contributed by atoms with van der Waals surface area (Å²) in [5, 5.41) is 6.20. The van der Waals surface area contributed by atoms with Crippen molar-refractivity contribution in [2.24, 2.45) is 0 Å². The minimum atomic E-state index is -0.0497. The minimum Gasteiger partial charge on any atom is -0.349 e. The van der Waals surface area contributed by atoms with E-state index in [9.17, 15) is 9.59 Å². The predicted molar refractivity (Wildman–Crippen MR) is 131 cm³/mol. The molecule has 1 heterocycles. The maximum atomic E-state index is 12.7. The van der Waals surface area contributed by atoms with Gasteiger partial charge in [-0.15, -0.1) is 0 Å². The van der Waals surface area contributed by atoms with Crippen molar-refractivity contribution in [3.8, 4) is 0 Å². The molecule has 1 fully saturated rings. The van der Waals surface area contributed by atoms with Crippen LogP contribution in [0, 0.1) is 0 Å². The zero-order valence-corrected chi connectivity index (χ0v) is 18.8. The van der Waals surface area contributed by atoms with E-state index in [4.69, 9.17) is 0 Å². The van der Waals surface area contributed by atoms with Crippen LogP contribution in [0.25, 0.3) is 0 Å². The second-order valence-electron chi connectivity index (χ2n) is 8.50. The van der Waals surface area contributed by atoms with Crippen LogP contribution < -0.4 is 10.6 Å². The van der Waals surface area contributed by atoms with E-state index in [1.165, 1.54) is 11.1 Å². The number of amides is 3. The summed E-state index contributed by atoms with van der Waals surface area (Å²) in [6.45, 7) is 1.90. The first-order valence-corrected chi connectivity index (χ1v) is 11.7. The second kappa shape index (κ2) is 11.3. The van der Waals surface area contributed by atoms with Crippen LogP contribution in [0.3, 0.4) is 0 Å². The molecule has 3 aromatic carbocycles. The Kier molecular flexibility index (Phi) is 7.75. The van der Waals surface area contributed by atoms with Gasteiger partial charge in [-0.2, -0.15) is 0 Å². The number of hydrogen-bond acceptors (Lipinski definition) is 2. The Hall–Kier alpha value is -3.60. The highest BCUT2D eigenvalue weighted by Crippen LogP contribution is 2.27. The molecule has 0 aromatic heterocycles. The summed E-state index contributed by atoms with van der Waals surface area (Å²) in [5.41, 5.74) is 3.19. The third-order valence-corrected chi connectivity index (χ3v) is 6.27. The number of rotatable bonds is 7. The molecule has 0 spiro atoms. The maximum absolute atomic E-state index is 12.7. The Morgan fingerprint density at radius 3 is 1.85 bits per heavy atom. The number of nitrogens with zero attached hydrogens (tertiary/aromatic N) is 1. The highest BCUT2D eigenvalue weighted by molar-refractivity contribution is 5.94. The van der Waals surface area contributed by atoms with Gasteiger partial charge in [0, 0.05) is 37.2 Å². The predicted octanol–water partition coefficient (Wildman–Crippen LogP) is 4.81. The van der Waals surface area contributed by atoms with Crippen LogP contribution in [0.15, 0.2) is 91.0 Å². The lowest BCUT2D eigenvalue weighted by Gasteiger charge is -2.32. The maximum Gasteiger partial charge on any atom is 0.317 e. The smallest absolute Gasteiger partial charge is 0.317 e. The average molecular weight is 442 g/mol. The molecular weight excluding hydrogens is 410 g/mol. The van der Waals surface area contributed by atoms with Gasteiger partial charge in [-0.05, 0) is 42.5 Å². The molecular formula is C28H31N3O2. The quantitative estimate of drug-likeness (QED) is 0.553. The number of urea groups is 1. The Morgan fingerprint density at radius 2 is 1.30 bits per heavy atom. The summed E-state index contributed by atoms with van der Waals surface area (Å²) in [4.78, 5) is 26.9. The van der Waals surface area contributed by atoms with Gasteiger partial charge in [0.05, 0.1) is 0 Å². The normalized spacial score (nSPS) is 14.2. The number of carbonyl (C=O) groups is 2. The lowest BCUT2D eigenvalue weighted by atomic mass is 9.88. The summed E-state index contributed by atoms with van der Waals surface area (Å²) in [5.74, 6) is 0.193. The second-order valence-corrected chi connectivity index (χ2v) is 8.50. The largest absolute Gasteiger partial charge is 0.349 e. The van der Waals surface area contributed by atoms with Crippen molar-refractivity contribution in [1.29, 1.82) is 0 Å². The first-order chi connectivity index (χ1) is 16.2. The van der Waals surface area contributed by atoms with E-state index in [0.717, 1.165) is 19.3 Å². The molecule has 5 nitrogen and oxygen atoms in total. The summed E-state index contributed by atoms with van der Waals surface area (Å²) in [6.07, 6.45) is 2.37. The van der Waals surface area contributed by atoms with E-state index in [-0.39, 0.29) is 23.9 Å². The Balaban J connectivity index is 1.25. The number of carbonyl (C=O) groups excluding carboxylic acids is 2. The Labute approximate surface area is 195 Å². The summed E-state index contributed by atoms with van der Waals surface area (Å²) in [6, 6.07) is 30.2. The van der Waals surface area contributed by atoms with Crippen molar-refractivity contribution in [2.45, 2.75) is 31.2 Å². The summed E-state index contributed by atoms with van der Waals surface area (Å²) in [7, 11) is 0. The van der Waals surface area contributed by atoms with Gasteiger partial charge >= 0.3 is 6.03 Å². The highest BCUT2D eigenvalue weighted by Gasteiger charge is 2.24. The number of benzene rings is 3. The fourth-order valence-electron chi connectivity index (χ4n) is 4.42. The number of hydrogen-bond donors (Lipinski definition) is 2. The van der Waals surface area contributed by atoms with E-state index >= 15 is 0 Å². The summed E-state index contributed by atoms with van der Waals surface area (Å²) >= 11 is 0. The van der Waals surface area contributed by atoms with Gasteiger partial charge in [0.1, 0.15) is 0 Å². The van der Waals surface area contributed by atoms with Crippen molar-refractivity contribution in [3.63, 3.8) is 0 Å². The van der Waals surface area contributed by atoms with Gasteiger partial charge in [-0.1, -0.05) is 78.9 Å². The molecule has 0 unspecified atom stereocenters. The molecule has 0 aliphatic carbocycles. The van der Waals surface area contributed by atoms with Crippen molar-refractivity contribution in [3.05, 3.63) is 108 Å². The first kappa shape index (κ1) is 22.6. The minimum absolute atomic E-state index is 0.0253. The van der Waals surface area contributed by atoms with Crippen LogP contribution in [0.5, 0.6) is 0 Å². The highest BCUT2D eigenvalue weighted by atomic mass is 16.2. The molecule has 4 rings (SSSR count). The molecule has 0 bridgehead atoms. The molecule has 0 saturated carbocycles. The summed E-state index contributed by atoms with van der Waals surface area (Å²) < 4.78 is 0. The fourth-order valence-corrected chi connectivity index (χ4v) is 4.42. The lowest BCUT2D eigenvalue weighted by molar-refractivity contribution is 0.0918. The monoisotopic (exact) mass is 441 g/mol. The third kappa shape index (κ3) is 6.22. The molecule has 33 heavy (non-hydrogen) atoms. The fraction of sp³-hybridized carbons (Fsp3) is 0.286. The molecule has 1 aliphatic rings. The van der Waals surface area contributed by atoms with Gasteiger partial charge < -0.3 is 15.5 Å². The van der Waals surface area contributed by atoms with E-state index in [0.29, 0.717) is 25.2 Å². The SMILES string of the molecule is O=C(NC1CCN(C(=O)NCCC(c2ccccc2)c2ccccc2)CC1)c1ccccc1. The third-order valence-electron chi connectivity index (χ3n) is 6.27. The number of nitrogens with one attached hydrogen (secondary N) is 2. The van der Waals surface area contributed by atoms with Crippen LogP contribution >= 0.6 is 0 Å². The van der Waals surface area contributed by atoms with Crippen LogP contribution in [-0.4, -0.2) is 42.5 Å². The van der Waals surface area contributed by atoms with Gasteiger partial charge in [-0.25, -0.2) is 4.79 Å². The standard InChI is InChI=1S/C28H31N3O2/c32-27(24-14-8-3-9-15-24)30-25-17-20-31(21-18-25)28(33)29-19-16-26(22-10-4-1-5-11-22)23-12-6-2-7-13-23/h1-15,25-26H,16-21H2,(H,29,33)(H,30,32). The number of piperidine rings is 1. The van der Waals surface area contributed by atoms with Crippen LogP contribution in [0.4, 0.5) is 4.79 Å². The van der Waals surface area contributed by atoms with Crippen molar-refractivity contribution < 1.29 is 9.59 Å². The molecule has 5 heteroatoms. The lowest BCUT2D eigenvalue weighted by Crippen LogP contribution is -2.49. The first-order valence-electron chi connectivity index (χ1n) is 11.7. The molecule has 0 atom stereocenters. The zero-order chi connectivity index (χ0) is 22.9. The average Bonchev–Trinajstić information content (AvgIpc) is 2.88. The topological polar surface area (TPSA) is 61.4 Å². The van der Waals surface area contributed by atoms with Crippen LogP contribution in [0.2, 0.25) is 0 Å². The van der Waals surface area contributed by atoms with E-state index in [1.807, 2.05) is 47.4 Å². The van der Waals surface area contributed by atoms with E-state index in [1.54, 1.807) is 0 Å². The van der Waals surface area contributed by atoms with Gasteiger partial charge in [-0.3, -0.25) is 4.79 Å². The van der Waals surface area contributed by atoms with E-state index < -0.39 is 0 Å². The molecule has 3 amide bonds. The van der Waals surface area contributed by atoms with Crippen LogP contribution in [0.1, 0.15) is 46.7 Å². The van der Waals surface area contributed by atoms with Crippen molar-refractivity contribution in [1.82, 2.24) is 15.5 Å². The molecule has 1 saturated heterocycles. The Morgan fingerprint density at radius 1 is 0.788 bits per heavy atom. The van der Waals surface area contributed by atoms with Crippen molar-refractivity contribution >= 4 is 11.9 Å². The van der Waals surface area contributed by atoms with Gasteiger partial charge in [0.2, 0.25) is 0 Å². The Bertz CT molecular complexity index is 977. The molecule has 170 valence electrons. The van der Waals surface area contributed by atoms with Gasteiger partial charge in [0.25, 0.3) is 5.91 Å². The molecule has 1 aliphatic heterocycles. The van der Waals surface area contributed by atoms with Crippen LogP contribution in [-0.2, 0) is 0 Å². The number of likely N-dealkylation sites (tertiary alicyclic amines) is 1. The van der Waals surface area contributed by atoms with Gasteiger partial charge in [0.15, 0.2) is 0 Å². The molecule has 2 N–H and O–H groups in total. The van der Waals surface area contributed by atoms with E-state index in [2.05, 4.69) is 59.2 Å². The van der Waals surface area contributed by atoms with Crippen molar-refractivity contribution in [2.75, 3.05) is 19.6 Å². The zero-order valence-electron chi connectivity index (χ0n) is 18.8. The molecule has 3 aromatic rings.